The first kappa shape index (κ1) is 13.9. The van der Waals surface area contributed by atoms with Crippen LogP contribution in [0.3, 0.4) is 0 Å². The van der Waals surface area contributed by atoms with E-state index in [9.17, 15) is 8.42 Å². The van der Waals surface area contributed by atoms with Gasteiger partial charge in [0.15, 0.2) is 0 Å². The van der Waals surface area contributed by atoms with E-state index < -0.39 is 10.0 Å². The van der Waals surface area contributed by atoms with Crippen molar-refractivity contribution in [2.24, 2.45) is 0 Å². The molecule has 0 rings (SSSR count). The van der Waals surface area contributed by atoms with E-state index in [1.807, 2.05) is 6.92 Å². The largest absolute Gasteiger partial charge is 0.315 e. The van der Waals surface area contributed by atoms with E-state index in [-0.39, 0.29) is 0 Å². The second-order valence-electron chi connectivity index (χ2n) is 3.41. The predicted octanol–water partition coefficient (Wildman–Crippen LogP) is 0.658. The Balaban J connectivity index is 3.87. The average Bonchev–Trinajstić information content (AvgIpc) is 2.08. The van der Waals surface area contributed by atoms with Gasteiger partial charge in [-0.05, 0) is 19.4 Å². The van der Waals surface area contributed by atoms with E-state index in [1.54, 1.807) is 0 Å². The summed E-state index contributed by atoms with van der Waals surface area (Å²) in [5, 5.41) is 3.19. The van der Waals surface area contributed by atoms with Crippen molar-refractivity contribution >= 4 is 10.0 Å². The Labute approximate surface area is 87.7 Å². The fourth-order valence-corrected chi connectivity index (χ4v) is 2.14. The van der Waals surface area contributed by atoms with Crippen LogP contribution in [0.4, 0.5) is 0 Å². The number of hydrogen-bond donors (Lipinski definition) is 1. The third-order valence-corrected chi connectivity index (χ3v) is 3.21. The number of sulfonamides is 1. The Hall–Kier alpha value is -0.130. The molecule has 0 aromatic heterocycles. The SMILES string of the molecule is CCCNCCN(CCC)S(C)(=O)=O. The Bertz CT molecular complexity index is 227. The molecule has 4 nitrogen and oxygen atoms in total. The van der Waals surface area contributed by atoms with Crippen molar-refractivity contribution in [3.05, 3.63) is 0 Å². The molecule has 0 radical (unpaired) electrons. The van der Waals surface area contributed by atoms with Crippen LogP contribution in [0, 0.1) is 0 Å². The van der Waals surface area contributed by atoms with Crippen molar-refractivity contribution in [2.75, 3.05) is 32.4 Å². The van der Waals surface area contributed by atoms with Gasteiger partial charge in [-0.1, -0.05) is 13.8 Å². The highest BCUT2D eigenvalue weighted by molar-refractivity contribution is 7.88. The molecule has 5 heteroatoms. The number of hydrogen-bond acceptors (Lipinski definition) is 3. The van der Waals surface area contributed by atoms with Gasteiger partial charge in [-0.2, -0.15) is 0 Å². The summed E-state index contributed by atoms with van der Waals surface area (Å²) in [7, 11) is -3.02. The van der Waals surface area contributed by atoms with E-state index in [1.165, 1.54) is 10.6 Å². The second kappa shape index (κ2) is 7.20. The Kier molecular flexibility index (Phi) is 7.13. The van der Waals surface area contributed by atoms with Crippen LogP contribution < -0.4 is 5.32 Å². The van der Waals surface area contributed by atoms with Crippen molar-refractivity contribution in [2.45, 2.75) is 26.7 Å². The summed E-state index contributed by atoms with van der Waals surface area (Å²) in [5.41, 5.74) is 0. The average molecular weight is 222 g/mol. The zero-order chi connectivity index (χ0) is 11.0. The van der Waals surface area contributed by atoms with E-state index >= 15 is 0 Å². The fraction of sp³-hybridized carbons (Fsp3) is 1.00. The van der Waals surface area contributed by atoms with Gasteiger partial charge in [-0.25, -0.2) is 12.7 Å². The van der Waals surface area contributed by atoms with Crippen molar-refractivity contribution in [3.8, 4) is 0 Å². The lowest BCUT2D eigenvalue weighted by Gasteiger charge is -2.19. The summed E-state index contributed by atoms with van der Waals surface area (Å²) >= 11 is 0. The van der Waals surface area contributed by atoms with E-state index in [0.717, 1.165) is 25.9 Å². The molecular weight excluding hydrogens is 200 g/mol. The maximum Gasteiger partial charge on any atom is 0.211 e. The van der Waals surface area contributed by atoms with E-state index in [4.69, 9.17) is 0 Å². The standard InChI is InChI=1S/C9H22N2O2S/c1-4-6-10-7-9-11(8-5-2)14(3,12)13/h10H,4-9H2,1-3H3. The first-order chi connectivity index (χ1) is 6.52. The molecule has 1 N–H and O–H groups in total. The molecule has 0 amide bonds. The van der Waals surface area contributed by atoms with Gasteiger partial charge in [-0.3, -0.25) is 0 Å². The van der Waals surface area contributed by atoms with Crippen molar-refractivity contribution < 1.29 is 8.42 Å². The molecule has 0 saturated heterocycles. The summed E-state index contributed by atoms with van der Waals surface area (Å²) in [6.45, 7) is 6.95. The first-order valence-electron chi connectivity index (χ1n) is 5.18. The quantitative estimate of drug-likeness (QED) is 0.614. The van der Waals surface area contributed by atoms with Crippen LogP contribution in [0.5, 0.6) is 0 Å². The third kappa shape index (κ3) is 6.34. The lowest BCUT2D eigenvalue weighted by atomic mass is 10.4. The van der Waals surface area contributed by atoms with E-state index in [0.29, 0.717) is 13.1 Å². The Morgan fingerprint density at radius 3 is 2.14 bits per heavy atom. The summed E-state index contributed by atoms with van der Waals surface area (Å²) < 4.78 is 24.1. The maximum atomic E-state index is 11.3. The minimum atomic E-state index is -3.02. The molecule has 0 bridgehead atoms. The van der Waals surface area contributed by atoms with Crippen LogP contribution in [-0.4, -0.2) is 45.2 Å². The molecule has 0 fully saturated rings. The Morgan fingerprint density at radius 1 is 1.07 bits per heavy atom. The molecule has 0 atom stereocenters. The van der Waals surface area contributed by atoms with Gasteiger partial charge in [0.05, 0.1) is 6.26 Å². The molecule has 0 aliphatic carbocycles. The Morgan fingerprint density at radius 2 is 1.71 bits per heavy atom. The maximum absolute atomic E-state index is 11.3. The minimum Gasteiger partial charge on any atom is -0.315 e. The highest BCUT2D eigenvalue weighted by Gasteiger charge is 2.13. The summed E-state index contributed by atoms with van der Waals surface area (Å²) in [6.07, 6.45) is 3.20. The van der Waals surface area contributed by atoms with Gasteiger partial charge in [0.25, 0.3) is 0 Å². The van der Waals surface area contributed by atoms with Crippen molar-refractivity contribution in [1.29, 1.82) is 0 Å². The molecule has 0 unspecified atom stereocenters. The summed E-state index contributed by atoms with van der Waals surface area (Å²) in [4.78, 5) is 0. The second-order valence-corrected chi connectivity index (χ2v) is 5.39. The third-order valence-electron chi connectivity index (χ3n) is 1.91. The van der Waals surface area contributed by atoms with Crippen LogP contribution >= 0.6 is 0 Å². The molecule has 0 aliphatic heterocycles. The smallest absolute Gasteiger partial charge is 0.211 e. The van der Waals surface area contributed by atoms with Gasteiger partial charge < -0.3 is 5.32 Å². The molecule has 0 aliphatic rings. The highest BCUT2D eigenvalue weighted by Crippen LogP contribution is 1.97. The molecule has 0 aromatic carbocycles. The minimum absolute atomic E-state index is 0.576. The van der Waals surface area contributed by atoms with Crippen LogP contribution in [-0.2, 0) is 10.0 Å². The summed E-state index contributed by atoms with van der Waals surface area (Å²) in [5.74, 6) is 0. The molecule has 0 spiro atoms. The lowest BCUT2D eigenvalue weighted by Crippen LogP contribution is -2.36. The molecule has 0 saturated carbocycles. The number of nitrogens with one attached hydrogen (secondary N) is 1. The van der Waals surface area contributed by atoms with Gasteiger partial charge in [-0.15, -0.1) is 0 Å². The van der Waals surface area contributed by atoms with Gasteiger partial charge >= 0.3 is 0 Å². The lowest BCUT2D eigenvalue weighted by molar-refractivity contribution is 0.407. The number of rotatable bonds is 8. The zero-order valence-corrected chi connectivity index (χ0v) is 10.2. The first-order valence-corrected chi connectivity index (χ1v) is 7.03. The molecular formula is C9H22N2O2S. The van der Waals surface area contributed by atoms with Crippen LogP contribution in [0.1, 0.15) is 26.7 Å². The summed E-state index contributed by atoms with van der Waals surface area (Å²) in [6, 6.07) is 0. The topological polar surface area (TPSA) is 49.4 Å². The zero-order valence-electron chi connectivity index (χ0n) is 9.41. The van der Waals surface area contributed by atoms with Crippen LogP contribution in [0.25, 0.3) is 0 Å². The molecule has 0 aromatic rings. The van der Waals surface area contributed by atoms with Crippen LogP contribution in [0.2, 0.25) is 0 Å². The van der Waals surface area contributed by atoms with Crippen LogP contribution in [0.15, 0.2) is 0 Å². The normalized spacial score (nSPS) is 12.3. The van der Waals surface area contributed by atoms with E-state index in [2.05, 4.69) is 12.2 Å². The molecule has 0 heterocycles. The van der Waals surface area contributed by atoms with Gasteiger partial charge in [0.2, 0.25) is 10.0 Å². The molecule has 14 heavy (non-hydrogen) atoms. The van der Waals surface area contributed by atoms with Crippen molar-refractivity contribution in [3.63, 3.8) is 0 Å². The monoisotopic (exact) mass is 222 g/mol. The van der Waals surface area contributed by atoms with Gasteiger partial charge in [0.1, 0.15) is 0 Å². The molecule has 86 valence electrons. The van der Waals surface area contributed by atoms with Crippen molar-refractivity contribution in [1.82, 2.24) is 9.62 Å². The highest BCUT2D eigenvalue weighted by atomic mass is 32.2. The fourth-order valence-electron chi connectivity index (χ4n) is 1.20. The number of nitrogens with zero attached hydrogens (tertiary/aromatic N) is 1. The predicted molar refractivity (Wildman–Crippen MR) is 59.9 cm³/mol. The van der Waals surface area contributed by atoms with Gasteiger partial charge in [0, 0.05) is 19.6 Å².